The average molecular weight is 213 g/mol. The predicted octanol–water partition coefficient (Wildman–Crippen LogP) is 2.82. The van der Waals surface area contributed by atoms with E-state index < -0.39 is 0 Å². The molecule has 2 nitrogen and oxygen atoms in total. The van der Waals surface area contributed by atoms with E-state index in [-0.39, 0.29) is 6.10 Å². The Hall–Kier alpha value is -0.380. The molecule has 2 unspecified atom stereocenters. The molecule has 0 amide bonds. The standard InChI is InChI=1S/C11H19NOS/c1-4-5-10(13-3)11(12-2)9-6-7-14-8-9/h6-8,10-12H,4-5H2,1-3H3. The monoisotopic (exact) mass is 213 g/mol. The van der Waals surface area contributed by atoms with Gasteiger partial charge in [0.1, 0.15) is 0 Å². The lowest BCUT2D eigenvalue weighted by Gasteiger charge is -2.24. The third-order valence-electron chi connectivity index (χ3n) is 2.46. The highest BCUT2D eigenvalue weighted by Crippen LogP contribution is 2.23. The first-order chi connectivity index (χ1) is 6.83. The highest BCUT2D eigenvalue weighted by Gasteiger charge is 2.20. The first kappa shape index (κ1) is 11.7. The fourth-order valence-electron chi connectivity index (χ4n) is 1.72. The molecule has 14 heavy (non-hydrogen) atoms. The van der Waals surface area contributed by atoms with Gasteiger partial charge in [0.25, 0.3) is 0 Å². The molecule has 1 aromatic heterocycles. The minimum absolute atomic E-state index is 0.277. The zero-order valence-electron chi connectivity index (χ0n) is 9.12. The number of hydrogen-bond acceptors (Lipinski definition) is 3. The molecule has 1 heterocycles. The minimum Gasteiger partial charge on any atom is -0.379 e. The summed E-state index contributed by atoms with van der Waals surface area (Å²) in [4.78, 5) is 0. The van der Waals surface area contributed by atoms with Crippen LogP contribution in [0.5, 0.6) is 0 Å². The summed E-state index contributed by atoms with van der Waals surface area (Å²) in [5.74, 6) is 0. The summed E-state index contributed by atoms with van der Waals surface area (Å²) >= 11 is 1.73. The average Bonchev–Trinajstić information content (AvgIpc) is 2.71. The molecule has 0 aliphatic carbocycles. The molecule has 0 aromatic carbocycles. The Bertz CT molecular complexity index is 235. The zero-order valence-corrected chi connectivity index (χ0v) is 9.93. The van der Waals surface area contributed by atoms with Crippen molar-refractivity contribution < 1.29 is 4.74 Å². The van der Waals surface area contributed by atoms with E-state index in [9.17, 15) is 0 Å². The van der Waals surface area contributed by atoms with Crippen molar-refractivity contribution in [2.24, 2.45) is 0 Å². The molecule has 0 aliphatic heterocycles. The van der Waals surface area contributed by atoms with Crippen molar-refractivity contribution in [2.45, 2.75) is 31.9 Å². The minimum atomic E-state index is 0.277. The third-order valence-corrected chi connectivity index (χ3v) is 3.16. The van der Waals surface area contributed by atoms with Crippen LogP contribution in [0.2, 0.25) is 0 Å². The third kappa shape index (κ3) is 2.80. The van der Waals surface area contributed by atoms with Crippen LogP contribution in [0.1, 0.15) is 31.4 Å². The van der Waals surface area contributed by atoms with Gasteiger partial charge in [-0.05, 0) is 35.9 Å². The van der Waals surface area contributed by atoms with E-state index in [1.165, 1.54) is 5.56 Å². The van der Waals surface area contributed by atoms with Gasteiger partial charge >= 0.3 is 0 Å². The quantitative estimate of drug-likeness (QED) is 0.784. The first-order valence-corrected chi connectivity index (χ1v) is 5.99. The smallest absolute Gasteiger partial charge is 0.0766 e. The molecule has 1 aromatic rings. The number of thiophene rings is 1. The summed E-state index contributed by atoms with van der Waals surface area (Å²) in [5.41, 5.74) is 1.33. The molecule has 0 fully saturated rings. The highest BCUT2D eigenvalue weighted by molar-refractivity contribution is 7.07. The summed E-state index contributed by atoms with van der Waals surface area (Å²) in [7, 11) is 3.78. The van der Waals surface area contributed by atoms with E-state index in [0.29, 0.717) is 6.04 Å². The van der Waals surface area contributed by atoms with Crippen LogP contribution in [0.15, 0.2) is 16.8 Å². The Morgan fingerprint density at radius 1 is 1.57 bits per heavy atom. The molecule has 0 aliphatic rings. The van der Waals surface area contributed by atoms with Gasteiger partial charge < -0.3 is 10.1 Å². The van der Waals surface area contributed by atoms with Gasteiger partial charge in [0.2, 0.25) is 0 Å². The Morgan fingerprint density at radius 2 is 2.36 bits per heavy atom. The van der Waals surface area contributed by atoms with Gasteiger partial charge in [0.05, 0.1) is 12.1 Å². The van der Waals surface area contributed by atoms with Crippen LogP contribution in [0, 0.1) is 0 Å². The zero-order chi connectivity index (χ0) is 10.4. The summed E-state index contributed by atoms with van der Waals surface area (Å²) in [6.45, 7) is 2.19. The molecule has 80 valence electrons. The largest absolute Gasteiger partial charge is 0.379 e. The van der Waals surface area contributed by atoms with Gasteiger partial charge in [-0.3, -0.25) is 0 Å². The van der Waals surface area contributed by atoms with Crippen molar-refractivity contribution >= 4 is 11.3 Å². The second kappa shape index (κ2) is 6.17. The van der Waals surface area contributed by atoms with Crippen molar-refractivity contribution in [1.29, 1.82) is 0 Å². The Morgan fingerprint density at radius 3 is 2.79 bits per heavy atom. The summed E-state index contributed by atoms with van der Waals surface area (Å²) in [5, 5.41) is 7.61. The molecular formula is C11H19NOS. The van der Waals surface area contributed by atoms with E-state index in [1.54, 1.807) is 18.4 Å². The maximum Gasteiger partial charge on any atom is 0.0766 e. The Kier molecular flexibility index (Phi) is 5.15. The number of likely N-dealkylation sites (N-methyl/N-ethyl adjacent to an activating group) is 1. The second-order valence-electron chi connectivity index (χ2n) is 3.39. The first-order valence-electron chi connectivity index (χ1n) is 5.05. The van der Waals surface area contributed by atoms with Crippen molar-refractivity contribution in [3.05, 3.63) is 22.4 Å². The summed E-state index contributed by atoms with van der Waals surface area (Å²) < 4.78 is 5.51. The molecule has 0 spiro atoms. The number of ether oxygens (including phenoxy) is 1. The van der Waals surface area contributed by atoms with Crippen molar-refractivity contribution in [2.75, 3.05) is 14.2 Å². The van der Waals surface area contributed by atoms with E-state index >= 15 is 0 Å². The molecule has 0 bridgehead atoms. The normalized spacial score (nSPS) is 15.4. The van der Waals surface area contributed by atoms with E-state index in [0.717, 1.165) is 12.8 Å². The van der Waals surface area contributed by atoms with Gasteiger partial charge in [-0.1, -0.05) is 13.3 Å². The van der Waals surface area contributed by atoms with E-state index in [1.807, 2.05) is 7.05 Å². The maximum atomic E-state index is 5.51. The highest BCUT2D eigenvalue weighted by atomic mass is 32.1. The van der Waals surface area contributed by atoms with Crippen molar-refractivity contribution in [3.8, 4) is 0 Å². The van der Waals surface area contributed by atoms with Crippen molar-refractivity contribution in [1.82, 2.24) is 5.32 Å². The molecule has 1 rings (SSSR count). The maximum absolute atomic E-state index is 5.51. The van der Waals surface area contributed by atoms with Crippen LogP contribution in [0.4, 0.5) is 0 Å². The van der Waals surface area contributed by atoms with Crippen LogP contribution in [-0.2, 0) is 4.74 Å². The topological polar surface area (TPSA) is 21.3 Å². The van der Waals surface area contributed by atoms with Crippen LogP contribution in [0.3, 0.4) is 0 Å². The molecular weight excluding hydrogens is 194 g/mol. The Balaban J connectivity index is 2.68. The number of rotatable bonds is 6. The van der Waals surface area contributed by atoms with Gasteiger partial charge in [-0.25, -0.2) is 0 Å². The van der Waals surface area contributed by atoms with Crippen LogP contribution < -0.4 is 5.32 Å². The lowest BCUT2D eigenvalue weighted by Crippen LogP contribution is -2.30. The molecule has 3 heteroatoms. The number of hydrogen-bond donors (Lipinski definition) is 1. The van der Waals surface area contributed by atoms with Gasteiger partial charge in [0.15, 0.2) is 0 Å². The molecule has 2 atom stereocenters. The van der Waals surface area contributed by atoms with Crippen LogP contribution in [-0.4, -0.2) is 20.3 Å². The molecule has 0 saturated carbocycles. The fraction of sp³-hybridized carbons (Fsp3) is 0.636. The van der Waals surface area contributed by atoms with Gasteiger partial charge in [-0.2, -0.15) is 11.3 Å². The second-order valence-corrected chi connectivity index (χ2v) is 4.17. The molecule has 1 N–H and O–H groups in total. The molecule has 0 saturated heterocycles. The fourth-order valence-corrected chi connectivity index (χ4v) is 2.42. The Labute approximate surface area is 90.3 Å². The SMILES string of the molecule is CCCC(OC)C(NC)c1ccsc1. The van der Waals surface area contributed by atoms with Gasteiger partial charge in [0, 0.05) is 7.11 Å². The predicted molar refractivity (Wildman–Crippen MR) is 61.8 cm³/mol. The van der Waals surface area contributed by atoms with E-state index in [2.05, 4.69) is 29.1 Å². The molecule has 0 radical (unpaired) electrons. The summed E-state index contributed by atoms with van der Waals surface area (Å²) in [6.07, 6.45) is 2.53. The van der Waals surface area contributed by atoms with Crippen LogP contribution >= 0.6 is 11.3 Å². The number of methoxy groups -OCH3 is 1. The lowest BCUT2D eigenvalue weighted by molar-refractivity contribution is 0.0631. The number of nitrogens with one attached hydrogen (secondary N) is 1. The summed E-state index contributed by atoms with van der Waals surface area (Å²) in [6, 6.07) is 2.49. The lowest BCUT2D eigenvalue weighted by atomic mass is 10.0. The van der Waals surface area contributed by atoms with Gasteiger partial charge in [-0.15, -0.1) is 0 Å². The van der Waals surface area contributed by atoms with E-state index in [4.69, 9.17) is 4.74 Å². The van der Waals surface area contributed by atoms with Crippen LogP contribution in [0.25, 0.3) is 0 Å². The van der Waals surface area contributed by atoms with Crippen molar-refractivity contribution in [3.63, 3.8) is 0 Å².